The van der Waals surface area contributed by atoms with Crippen molar-refractivity contribution < 1.29 is 33.6 Å². The van der Waals surface area contributed by atoms with Crippen LogP contribution >= 0.6 is 0 Å². The molecular weight excluding hydrogens is 440 g/mol. The van der Waals surface area contributed by atoms with Gasteiger partial charge in [0.25, 0.3) is 0 Å². The maximum absolute atomic E-state index is 13.1. The van der Waals surface area contributed by atoms with Crippen molar-refractivity contribution in [1.29, 1.82) is 0 Å². The number of carbonyl (C=O) groups is 7. The Labute approximate surface area is 193 Å². The summed E-state index contributed by atoms with van der Waals surface area (Å²) in [7, 11) is 0. The third-order valence-corrected chi connectivity index (χ3v) is 5.90. The van der Waals surface area contributed by atoms with E-state index in [0.717, 1.165) is 0 Å². The van der Waals surface area contributed by atoms with Gasteiger partial charge in [0.2, 0.25) is 11.8 Å². The first-order chi connectivity index (χ1) is 16.2. The van der Waals surface area contributed by atoms with E-state index in [1.165, 1.54) is 36.4 Å². The van der Waals surface area contributed by atoms with Crippen molar-refractivity contribution in [1.82, 2.24) is 10.6 Å². The first kappa shape index (κ1) is 22.9. The molecule has 0 saturated carbocycles. The molecule has 0 bridgehead atoms. The van der Waals surface area contributed by atoms with E-state index in [9.17, 15) is 33.6 Å². The van der Waals surface area contributed by atoms with Crippen LogP contribution in [-0.2, 0) is 9.59 Å². The zero-order valence-corrected chi connectivity index (χ0v) is 18.4. The van der Waals surface area contributed by atoms with E-state index < -0.39 is 52.6 Å². The van der Waals surface area contributed by atoms with Crippen molar-refractivity contribution in [2.75, 3.05) is 13.1 Å². The normalized spacial score (nSPS) is 18.5. The lowest BCUT2D eigenvalue weighted by Crippen LogP contribution is -2.36. The van der Waals surface area contributed by atoms with Gasteiger partial charge in [-0.25, -0.2) is 0 Å². The van der Waals surface area contributed by atoms with Gasteiger partial charge in [-0.1, -0.05) is 12.1 Å². The molecule has 2 unspecified atom stereocenters. The Kier molecular flexibility index (Phi) is 5.78. The topological polar surface area (TPSA) is 144 Å². The largest absolute Gasteiger partial charge is 0.355 e. The summed E-state index contributed by atoms with van der Waals surface area (Å²) in [5.41, 5.74) is 0.253. The Morgan fingerprint density at radius 2 is 0.971 bits per heavy atom. The van der Waals surface area contributed by atoms with Crippen LogP contribution in [0.1, 0.15) is 71.2 Å². The van der Waals surface area contributed by atoms with E-state index in [-0.39, 0.29) is 46.5 Å². The molecule has 2 aromatic rings. The molecule has 0 spiro atoms. The number of rotatable bonds is 6. The van der Waals surface area contributed by atoms with Gasteiger partial charge in [-0.05, 0) is 38.1 Å². The number of carbonyl (C=O) groups excluding carboxylic acids is 7. The molecule has 2 amide bonds. The van der Waals surface area contributed by atoms with Crippen LogP contribution < -0.4 is 10.6 Å². The molecule has 2 aliphatic carbocycles. The Morgan fingerprint density at radius 1 is 0.618 bits per heavy atom. The second-order valence-corrected chi connectivity index (χ2v) is 7.96. The minimum absolute atomic E-state index is 0.0178. The standard InChI is InChI=1S/C25H20N2O7/c1-3-26-24(33)17-20(29)13-7-5-11(9-15(13)22(17)31)19(28)12-6-8-14-16(10-12)23(32)18(21(14)30)25(34)27-4-2/h5-10,17-18H,3-4H2,1-2H3,(H,26,33)(H,27,34). The van der Waals surface area contributed by atoms with Gasteiger partial charge in [-0.15, -0.1) is 0 Å². The van der Waals surface area contributed by atoms with E-state index in [0.29, 0.717) is 0 Å². The Morgan fingerprint density at radius 3 is 1.32 bits per heavy atom. The fourth-order valence-corrected chi connectivity index (χ4v) is 4.26. The molecular formula is C25H20N2O7. The molecule has 2 aromatic carbocycles. The van der Waals surface area contributed by atoms with Crippen LogP contribution in [-0.4, -0.2) is 53.8 Å². The van der Waals surface area contributed by atoms with Crippen LogP contribution in [0, 0.1) is 11.8 Å². The van der Waals surface area contributed by atoms with Crippen molar-refractivity contribution in [3.63, 3.8) is 0 Å². The molecule has 9 nitrogen and oxygen atoms in total. The van der Waals surface area contributed by atoms with Gasteiger partial charge >= 0.3 is 0 Å². The number of Topliss-reactive ketones (excluding diaryl/α,β-unsaturated/α-hetero) is 4. The van der Waals surface area contributed by atoms with Crippen LogP contribution in [0.3, 0.4) is 0 Å². The Hall–Kier alpha value is -4.27. The number of ketones is 5. The van der Waals surface area contributed by atoms with Crippen molar-refractivity contribution in [2.45, 2.75) is 13.8 Å². The SMILES string of the molecule is CCNC(=O)C1C(=O)c2ccc(C(=O)c3ccc4c(c3)C(=O)C(C(=O)NCC)C4=O)cc2C1=O. The second kappa shape index (κ2) is 8.58. The molecule has 2 aliphatic rings. The average Bonchev–Trinajstić information content (AvgIpc) is 3.22. The molecule has 2 N–H and O–H groups in total. The smallest absolute Gasteiger partial charge is 0.238 e. The highest BCUT2D eigenvalue weighted by atomic mass is 16.2. The summed E-state index contributed by atoms with van der Waals surface area (Å²) in [6, 6.07) is 7.91. The van der Waals surface area contributed by atoms with E-state index in [1.54, 1.807) is 13.8 Å². The van der Waals surface area contributed by atoms with Crippen LogP contribution in [0.15, 0.2) is 36.4 Å². The maximum atomic E-state index is 13.1. The summed E-state index contributed by atoms with van der Waals surface area (Å²) in [5.74, 6) is -7.49. The third-order valence-electron chi connectivity index (χ3n) is 5.90. The predicted octanol–water partition coefficient (Wildman–Crippen LogP) is 1.18. The average molecular weight is 460 g/mol. The van der Waals surface area contributed by atoms with E-state index in [1.807, 2.05) is 0 Å². The van der Waals surface area contributed by atoms with Gasteiger partial charge in [0.05, 0.1) is 0 Å². The molecule has 0 saturated heterocycles. The lowest BCUT2D eigenvalue weighted by Gasteiger charge is -2.06. The fourth-order valence-electron chi connectivity index (χ4n) is 4.26. The fraction of sp³-hybridized carbons (Fsp3) is 0.240. The summed E-state index contributed by atoms with van der Waals surface area (Å²) in [5, 5.41) is 4.92. The molecule has 34 heavy (non-hydrogen) atoms. The lowest BCUT2D eigenvalue weighted by atomic mass is 9.96. The third kappa shape index (κ3) is 3.45. The molecule has 0 aliphatic heterocycles. The number of amides is 2. The molecule has 0 fully saturated rings. The van der Waals surface area contributed by atoms with E-state index in [2.05, 4.69) is 10.6 Å². The summed E-state index contributed by atoms with van der Waals surface area (Å²) < 4.78 is 0. The zero-order chi connectivity index (χ0) is 24.7. The Bertz CT molecular complexity index is 1230. The highest BCUT2D eigenvalue weighted by molar-refractivity contribution is 6.36. The van der Waals surface area contributed by atoms with Gasteiger partial charge < -0.3 is 10.6 Å². The van der Waals surface area contributed by atoms with Crippen LogP contribution in [0.5, 0.6) is 0 Å². The number of hydrogen-bond acceptors (Lipinski definition) is 7. The Balaban J connectivity index is 1.65. The lowest BCUT2D eigenvalue weighted by molar-refractivity contribution is -0.123. The van der Waals surface area contributed by atoms with Gasteiger partial charge in [0, 0.05) is 46.5 Å². The van der Waals surface area contributed by atoms with Gasteiger partial charge in [-0.2, -0.15) is 0 Å². The number of hydrogen-bond donors (Lipinski definition) is 2. The zero-order valence-electron chi connectivity index (χ0n) is 18.4. The summed E-state index contributed by atoms with van der Waals surface area (Å²) in [6.45, 7) is 3.85. The molecule has 9 heteroatoms. The molecule has 0 radical (unpaired) electrons. The van der Waals surface area contributed by atoms with E-state index in [4.69, 9.17) is 0 Å². The molecule has 0 aromatic heterocycles. The van der Waals surface area contributed by atoms with Crippen molar-refractivity contribution >= 4 is 40.7 Å². The van der Waals surface area contributed by atoms with Gasteiger partial charge in [0.1, 0.15) is 0 Å². The van der Waals surface area contributed by atoms with Crippen molar-refractivity contribution in [2.24, 2.45) is 11.8 Å². The van der Waals surface area contributed by atoms with Crippen LogP contribution in [0.25, 0.3) is 0 Å². The van der Waals surface area contributed by atoms with Crippen LogP contribution in [0.4, 0.5) is 0 Å². The molecule has 4 rings (SSSR count). The van der Waals surface area contributed by atoms with Gasteiger partial charge in [-0.3, -0.25) is 33.6 Å². The highest BCUT2D eigenvalue weighted by Gasteiger charge is 2.45. The first-order valence-corrected chi connectivity index (χ1v) is 10.8. The van der Waals surface area contributed by atoms with Crippen molar-refractivity contribution in [3.8, 4) is 0 Å². The summed E-state index contributed by atoms with van der Waals surface area (Å²) >= 11 is 0. The monoisotopic (exact) mass is 460 g/mol. The number of nitrogens with one attached hydrogen (secondary N) is 2. The summed E-state index contributed by atoms with van der Waals surface area (Å²) in [4.78, 5) is 87.9. The molecule has 172 valence electrons. The minimum atomic E-state index is -1.48. The van der Waals surface area contributed by atoms with Crippen molar-refractivity contribution in [3.05, 3.63) is 69.8 Å². The maximum Gasteiger partial charge on any atom is 0.238 e. The predicted molar refractivity (Wildman–Crippen MR) is 118 cm³/mol. The molecule has 2 atom stereocenters. The minimum Gasteiger partial charge on any atom is -0.355 e. The van der Waals surface area contributed by atoms with E-state index >= 15 is 0 Å². The van der Waals surface area contributed by atoms with Crippen LogP contribution in [0.2, 0.25) is 0 Å². The summed E-state index contributed by atoms with van der Waals surface area (Å²) in [6.07, 6.45) is 0. The number of fused-ring (bicyclic) bond motifs is 2. The van der Waals surface area contributed by atoms with Gasteiger partial charge in [0.15, 0.2) is 40.8 Å². The number of benzene rings is 2. The highest BCUT2D eigenvalue weighted by Crippen LogP contribution is 2.31. The second-order valence-electron chi connectivity index (χ2n) is 7.96. The first-order valence-electron chi connectivity index (χ1n) is 10.8. The quantitative estimate of drug-likeness (QED) is 0.487. The molecule has 0 heterocycles.